The van der Waals surface area contributed by atoms with Crippen LogP contribution in [0.3, 0.4) is 0 Å². The van der Waals surface area contributed by atoms with Crippen molar-refractivity contribution in [1.82, 2.24) is 9.80 Å². The molecule has 2 aromatic carbocycles. The van der Waals surface area contributed by atoms with Crippen LogP contribution >= 0.6 is 11.6 Å². The molecule has 0 saturated carbocycles. The highest BCUT2D eigenvalue weighted by Gasteiger charge is 2.39. The average Bonchev–Trinajstić information content (AvgIpc) is 2.77. The first-order valence-electron chi connectivity index (χ1n) is 11.0. The van der Waals surface area contributed by atoms with Crippen molar-refractivity contribution in [3.05, 3.63) is 70.7 Å². The first-order valence-corrected chi connectivity index (χ1v) is 11.4. The van der Waals surface area contributed by atoms with Gasteiger partial charge in [-0.25, -0.2) is 0 Å². The summed E-state index contributed by atoms with van der Waals surface area (Å²) in [7, 11) is 1.86. The maximum absolute atomic E-state index is 6.08. The van der Waals surface area contributed by atoms with E-state index in [-0.39, 0.29) is 12.2 Å². The minimum atomic E-state index is 0.209. The minimum Gasteiger partial charge on any atom is -0.378 e. The smallest absolute Gasteiger partial charge is 0.0853 e. The van der Waals surface area contributed by atoms with E-state index in [0.717, 1.165) is 50.7 Å². The number of hydrogen-bond acceptors (Lipinski definition) is 4. The van der Waals surface area contributed by atoms with Gasteiger partial charge in [-0.3, -0.25) is 9.80 Å². The van der Waals surface area contributed by atoms with Crippen molar-refractivity contribution in [3.8, 4) is 0 Å². The number of benzene rings is 2. The Morgan fingerprint density at radius 2 is 1.80 bits per heavy atom. The molecule has 2 aliphatic rings. The van der Waals surface area contributed by atoms with Crippen LogP contribution in [0.4, 0.5) is 0 Å². The van der Waals surface area contributed by atoms with Crippen molar-refractivity contribution in [1.29, 1.82) is 0 Å². The molecule has 0 radical (unpaired) electrons. The van der Waals surface area contributed by atoms with Crippen molar-refractivity contribution in [2.24, 2.45) is 0 Å². The van der Waals surface area contributed by atoms with Gasteiger partial charge in [0.15, 0.2) is 0 Å². The lowest BCUT2D eigenvalue weighted by atomic mass is 9.94. The van der Waals surface area contributed by atoms with Crippen molar-refractivity contribution in [2.45, 2.75) is 50.6 Å². The zero-order valence-electron chi connectivity index (χ0n) is 18.0. The predicted molar refractivity (Wildman–Crippen MR) is 122 cm³/mol. The van der Waals surface area contributed by atoms with E-state index in [1.165, 1.54) is 11.1 Å². The minimum absolute atomic E-state index is 0.209. The third-order valence-corrected chi connectivity index (χ3v) is 6.73. The summed E-state index contributed by atoms with van der Waals surface area (Å²) >= 11 is 6.08. The van der Waals surface area contributed by atoms with Crippen LogP contribution in [0.15, 0.2) is 54.6 Å². The quantitative estimate of drug-likeness (QED) is 0.686. The molecule has 0 amide bonds. The molecule has 2 saturated heterocycles. The first-order chi connectivity index (χ1) is 14.6. The zero-order chi connectivity index (χ0) is 20.9. The highest BCUT2D eigenvalue weighted by molar-refractivity contribution is 6.30. The second kappa shape index (κ2) is 10.3. The van der Waals surface area contributed by atoms with Crippen LogP contribution in [0.5, 0.6) is 0 Å². The summed E-state index contributed by atoms with van der Waals surface area (Å²) in [6.45, 7) is 6.96. The molecule has 162 valence electrons. The van der Waals surface area contributed by atoms with Crippen molar-refractivity contribution >= 4 is 11.6 Å². The molecule has 2 heterocycles. The number of morpholine rings is 1. The maximum Gasteiger partial charge on any atom is 0.0853 e. The molecule has 0 aromatic heterocycles. The number of rotatable bonds is 6. The summed E-state index contributed by atoms with van der Waals surface area (Å²) in [4.78, 5) is 5.19. The fourth-order valence-corrected chi connectivity index (χ4v) is 5.04. The van der Waals surface area contributed by atoms with Crippen LogP contribution in [-0.4, -0.2) is 67.4 Å². The molecular formula is C25H33ClN2O2. The van der Waals surface area contributed by atoms with E-state index < -0.39 is 0 Å². The second-order valence-corrected chi connectivity index (χ2v) is 9.11. The van der Waals surface area contributed by atoms with E-state index in [0.29, 0.717) is 12.1 Å². The molecule has 2 aliphatic heterocycles. The summed E-state index contributed by atoms with van der Waals surface area (Å²) in [5, 5.41) is 0.786. The molecule has 0 aliphatic carbocycles. The van der Waals surface area contributed by atoms with E-state index in [2.05, 4.69) is 59.2 Å². The molecule has 0 spiro atoms. The maximum atomic E-state index is 6.08. The number of methoxy groups -OCH3 is 1. The van der Waals surface area contributed by atoms with Gasteiger partial charge in [-0.15, -0.1) is 0 Å². The third kappa shape index (κ3) is 5.43. The van der Waals surface area contributed by atoms with Gasteiger partial charge in [0.1, 0.15) is 0 Å². The second-order valence-electron chi connectivity index (χ2n) is 8.68. The molecule has 5 heteroatoms. The standard InChI is InChI=1S/C25H33ClN2O2/c1-19-15-28(23(18-30-19)14-20-8-10-22(26)11-9-20)24-12-13-27(17-25(24)29-2)16-21-6-4-3-5-7-21/h3-11,19,23-25H,12-18H2,1-2H3/t19-,23?,24?,25+/m0/s1. The highest BCUT2D eigenvalue weighted by atomic mass is 35.5. The molecule has 4 nitrogen and oxygen atoms in total. The van der Waals surface area contributed by atoms with Crippen LogP contribution in [-0.2, 0) is 22.4 Å². The topological polar surface area (TPSA) is 24.9 Å². The van der Waals surface area contributed by atoms with Gasteiger partial charge in [-0.05, 0) is 43.0 Å². The van der Waals surface area contributed by atoms with E-state index in [4.69, 9.17) is 21.1 Å². The molecule has 0 N–H and O–H groups in total. The Hall–Kier alpha value is -1.43. The Kier molecular flexibility index (Phi) is 7.45. The summed E-state index contributed by atoms with van der Waals surface area (Å²) in [6.07, 6.45) is 2.56. The zero-order valence-corrected chi connectivity index (χ0v) is 18.8. The summed E-state index contributed by atoms with van der Waals surface area (Å²) in [5.74, 6) is 0. The summed E-state index contributed by atoms with van der Waals surface area (Å²) in [5.41, 5.74) is 2.68. The lowest BCUT2D eigenvalue weighted by Crippen LogP contribution is -2.61. The van der Waals surface area contributed by atoms with Gasteiger partial charge in [0, 0.05) is 50.4 Å². The largest absolute Gasteiger partial charge is 0.378 e. The fraction of sp³-hybridized carbons (Fsp3) is 0.520. The predicted octanol–water partition coefficient (Wildman–Crippen LogP) is 4.26. The number of nitrogens with zero attached hydrogens (tertiary/aromatic N) is 2. The van der Waals surface area contributed by atoms with Crippen molar-refractivity contribution < 1.29 is 9.47 Å². The third-order valence-electron chi connectivity index (χ3n) is 6.48. The monoisotopic (exact) mass is 428 g/mol. The molecule has 30 heavy (non-hydrogen) atoms. The number of likely N-dealkylation sites (tertiary alicyclic amines) is 1. The van der Waals surface area contributed by atoms with Crippen molar-refractivity contribution in [2.75, 3.05) is 33.4 Å². The Balaban J connectivity index is 1.44. The van der Waals surface area contributed by atoms with Crippen LogP contribution < -0.4 is 0 Å². The van der Waals surface area contributed by atoms with E-state index >= 15 is 0 Å². The molecular weight excluding hydrogens is 396 g/mol. The average molecular weight is 429 g/mol. The van der Waals surface area contributed by atoms with Gasteiger partial charge in [-0.2, -0.15) is 0 Å². The van der Waals surface area contributed by atoms with E-state index in [9.17, 15) is 0 Å². The first kappa shape index (κ1) is 21.8. The molecule has 2 aromatic rings. The normalized spacial score (nSPS) is 28.5. The lowest BCUT2D eigenvalue weighted by molar-refractivity contribution is -0.115. The molecule has 0 bridgehead atoms. The fourth-order valence-electron chi connectivity index (χ4n) is 4.91. The van der Waals surface area contributed by atoms with Gasteiger partial charge in [0.25, 0.3) is 0 Å². The highest BCUT2D eigenvalue weighted by Crippen LogP contribution is 2.27. The summed E-state index contributed by atoms with van der Waals surface area (Å²) < 4.78 is 12.1. The van der Waals surface area contributed by atoms with Gasteiger partial charge >= 0.3 is 0 Å². The molecule has 2 unspecified atom stereocenters. The number of hydrogen-bond donors (Lipinski definition) is 0. The number of ether oxygens (including phenoxy) is 2. The Bertz CT molecular complexity index is 785. The molecule has 4 rings (SSSR count). The summed E-state index contributed by atoms with van der Waals surface area (Å²) in [6, 6.07) is 19.7. The van der Waals surface area contributed by atoms with Crippen LogP contribution in [0, 0.1) is 0 Å². The van der Waals surface area contributed by atoms with E-state index in [1.807, 2.05) is 19.2 Å². The number of halogens is 1. The molecule has 2 fully saturated rings. The number of piperidine rings is 1. The van der Waals surface area contributed by atoms with Gasteiger partial charge in [0.05, 0.1) is 18.8 Å². The van der Waals surface area contributed by atoms with Gasteiger partial charge in [-0.1, -0.05) is 54.1 Å². The van der Waals surface area contributed by atoms with Gasteiger partial charge < -0.3 is 9.47 Å². The molecule has 4 atom stereocenters. The van der Waals surface area contributed by atoms with Crippen LogP contribution in [0.2, 0.25) is 5.02 Å². The van der Waals surface area contributed by atoms with E-state index in [1.54, 1.807) is 0 Å². The van der Waals surface area contributed by atoms with Crippen molar-refractivity contribution in [3.63, 3.8) is 0 Å². The Morgan fingerprint density at radius 1 is 1.03 bits per heavy atom. The van der Waals surface area contributed by atoms with Crippen LogP contribution in [0.1, 0.15) is 24.5 Å². The Morgan fingerprint density at radius 3 is 2.53 bits per heavy atom. The lowest BCUT2D eigenvalue weighted by Gasteiger charge is -2.49. The SMILES string of the molecule is CO[C@@H]1CN(Cc2ccccc2)CCC1N1C[C@H](C)OCC1Cc1ccc(Cl)cc1. The van der Waals surface area contributed by atoms with Crippen LogP contribution in [0.25, 0.3) is 0 Å². The Labute approximate surface area is 185 Å². The van der Waals surface area contributed by atoms with Gasteiger partial charge in [0.2, 0.25) is 0 Å².